The van der Waals surface area contributed by atoms with Crippen molar-refractivity contribution in [2.45, 2.75) is 25.9 Å². The van der Waals surface area contributed by atoms with Crippen LogP contribution in [0.3, 0.4) is 0 Å². The number of halogens is 1. The second-order valence-electron chi connectivity index (χ2n) is 2.68. The SMILES string of the molecule is CC(O)C(C)c1ccsc1Cl. The lowest BCUT2D eigenvalue weighted by molar-refractivity contribution is 0.169. The predicted octanol–water partition coefficient (Wildman–Crippen LogP) is 2.89. The summed E-state index contributed by atoms with van der Waals surface area (Å²) in [6.45, 7) is 3.75. The quantitative estimate of drug-likeness (QED) is 0.761. The lowest BCUT2D eigenvalue weighted by atomic mass is 10.00. The van der Waals surface area contributed by atoms with Crippen molar-refractivity contribution in [3.8, 4) is 0 Å². The van der Waals surface area contributed by atoms with E-state index in [0.29, 0.717) is 0 Å². The van der Waals surface area contributed by atoms with Crippen LogP contribution in [-0.4, -0.2) is 11.2 Å². The molecule has 11 heavy (non-hydrogen) atoms. The maximum Gasteiger partial charge on any atom is 0.0964 e. The van der Waals surface area contributed by atoms with Crippen molar-refractivity contribution in [3.63, 3.8) is 0 Å². The van der Waals surface area contributed by atoms with E-state index in [1.54, 1.807) is 6.92 Å². The summed E-state index contributed by atoms with van der Waals surface area (Å²) >= 11 is 7.39. The van der Waals surface area contributed by atoms with Gasteiger partial charge in [0.15, 0.2) is 0 Å². The Kier molecular flexibility index (Phi) is 2.93. The van der Waals surface area contributed by atoms with Gasteiger partial charge in [0, 0.05) is 5.92 Å². The van der Waals surface area contributed by atoms with Gasteiger partial charge in [-0.2, -0.15) is 0 Å². The zero-order valence-electron chi connectivity index (χ0n) is 6.54. The van der Waals surface area contributed by atoms with Crippen molar-refractivity contribution < 1.29 is 5.11 Å². The third-order valence-electron chi connectivity index (χ3n) is 1.86. The van der Waals surface area contributed by atoms with E-state index in [1.165, 1.54) is 11.3 Å². The van der Waals surface area contributed by atoms with E-state index < -0.39 is 0 Å². The van der Waals surface area contributed by atoms with E-state index >= 15 is 0 Å². The molecule has 0 saturated carbocycles. The molecule has 0 aromatic carbocycles. The Labute approximate surface area is 75.6 Å². The fourth-order valence-electron chi connectivity index (χ4n) is 0.891. The molecule has 1 heterocycles. The smallest absolute Gasteiger partial charge is 0.0964 e. The van der Waals surface area contributed by atoms with Crippen molar-refractivity contribution in [3.05, 3.63) is 21.3 Å². The Morgan fingerprint density at radius 2 is 2.18 bits per heavy atom. The second-order valence-corrected chi connectivity index (χ2v) is 4.20. The molecule has 0 aliphatic heterocycles. The van der Waals surface area contributed by atoms with Crippen molar-refractivity contribution in [1.82, 2.24) is 0 Å². The summed E-state index contributed by atoms with van der Waals surface area (Å²) in [5.74, 6) is 0.133. The summed E-state index contributed by atoms with van der Waals surface area (Å²) in [5, 5.41) is 11.2. The Bertz CT molecular complexity index is 232. The van der Waals surface area contributed by atoms with Crippen LogP contribution in [-0.2, 0) is 0 Å². The molecule has 0 amide bonds. The minimum Gasteiger partial charge on any atom is -0.393 e. The summed E-state index contributed by atoms with van der Waals surface area (Å²) in [7, 11) is 0. The van der Waals surface area contributed by atoms with E-state index in [9.17, 15) is 5.11 Å². The van der Waals surface area contributed by atoms with Gasteiger partial charge in [-0.05, 0) is 23.9 Å². The van der Waals surface area contributed by atoms with Crippen LogP contribution in [0.1, 0.15) is 25.3 Å². The maximum atomic E-state index is 9.26. The highest BCUT2D eigenvalue weighted by atomic mass is 35.5. The highest BCUT2D eigenvalue weighted by molar-refractivity contribution is 7.14. The number of hydrogen-bond donors (Lipinski definition) is 1. The number of aliphatic hydroxyl groups is 1. The monoisotopic (exact) mass is 190 g/mol. The molecule has 0 bridgehead atoms. The van der Waals surface area contributed by atoms with Crippen LogP contribution < -0.4 is 0 Å². The Morgan fingerprint density at radius 1 is 1.55 bits per heavy atom. The fourth-order valence-corrected chi connectivity index (χ4v) is 2.00. The molecule has 1 nitrogen and oxygen atoms in total. The molecular weight excluding hydrogens is 180 g/mol. The second kappa shape index (κ2) is 3.57. The summed E-state index contributed by atoms with van der Waals surface area (Å²) in [4.78, 5) is 0. The van der Waals surface area contributed by atoms with E-state index in [-0.39, 0.29) is 12.0 Å². The number of aliphatic hydroxyl groups excluding tert-OH is 1. The van der Waals surface area contributed by atoms with Gasteiger partial charge in [-0.25, -0.2) is 0 Å². The van der Waals surface area contributed by atoms with Gasteiger partial charge in [0.25, 0.3) is 0 Å². The largest absolute Gasteiger partial charge is 0.393 e. The van der Waals surface area contributed by atoms with E-state index in [1.807, 2.05) is 18.4 Å². The average Bonchev–Trinajstić information content (AvgIpc) is 2.33. The Morgan fingerprint density at radius 3 is 2.55 bits per heavy atom. The zero-order valence-corrected chi connectivity index (χ0v) is 8.12. The molecule has 62 valence electrons. The molecule has 0 spiro atoms. The van der Waals surface area contributed by atoms with Gasteiger partial charge >= 0.3 is 0 Å². The number of hydrogen-bond acceptors (Lipinski definition) is 2. The first-order valence-electron chi connectivity index (χ1n) is 3.54. The van der Waals surface area contributed by atoms with E-state index in [0.717, 1.165) is 9.90 Å². The van der Waals surface area contributed by atoms with Gasteiger partial charge in [0.05, 0.1) is 10.4 Å². The third-order valence-corrected chi connectivity index (χ3v) is 3.06. The fraction of sp³-hybridized carbons (Fsp3) is 0.500. The first kappa shape index (κ1) is 9.04. The summed E-state index contributed by atoms with van der Waals surface area (Å²) in [5.41, 5.74) is 1.05. The van der Waals surface area contributed by atoms with Crippen molar-refractivity contribution in [2.75, 3.05) is 0 Å². The van der Waals surface area contributed by atoms with Gasteiger partial charge < -0.3 is 5.11 Å². The Hall–Kier alpha value is -0.0500. The van der Waals surface area contributed by atoms with E-state index in [2.05, 4.69) is 0 Å². The minimum absolute atomic E-state index is 0.133. The van der Waals surface area contributed by atoms with E-state index in [4.69, 9.17) is 11.6 Å². The molecule has 0 saturated heterocycles. The predicted molar refractivity (Wildman–Crippen MR) is 49.4 cm³/mol. The molecule has 1 aromatic heterocycles. The maximum absolute atomic E-state index is 9.26. The molecule has 0 aliphatic rings. The molecule has 1 aromatic rings. The van der Waals surface area contributed by atoms with Crippen molar-refractivity contribution >= 4 is 22.9 Å². The van der Waals surface area contributed by atoms with Gasteiger partial charge in [-0.3, -0.25) is 0 Å². The molecule has 1 N–H and O–H groups in total. The summed E-state index contributed by atoms with van der Waals surface area (Å²) in [6, 6.07) is 1.96. The number of thiophene rings is 1. The van der Waals surface area contributed by atoms with Crippen molar-refractivity contribution in [1.29, 1.82) is 0 Å². The highest BCUT2D eigenvalue weighted by Gasteiger charge is 2.14. The zero-order chi connectivity index (χ0) is 8.43. The van der Waals surface area contributed by atoms with Gasteiger partial charge in [-0.15, -0.1) is 11.3 Å². The molecule has 1 rings (SSSR count). The van der Waals surface area contributed by atoms with Gasteiger partial charge in [0.1, 0.15) is 0 Å². The summed E-state index contributed by atoms with van der Waals surface area (Å²) in [6.07, 6.45) is -0.331. The molecule has 0 radical (unpaired) electrons. The highest BCUT2D eigenvalue weighted by Crippen LogP contribution is 2.30. The van der Waals surface area contributed by atoms with Gasteiger partial charge in [0.2, 0.25) is 0 Å². The summed E-state index contributed by atoms with van der Waals surface area (Å²) < 4.78 is 0.790. The molecule has 2 unspecified atom stereocenters. The van der Waals surface area contributed by atoms with Crippen LogP contribution in [0, 0.1) is 0 Å². The molecule has 0 fully saturated rings. The van der Waals surface area contributed by atoms with Gasteiger partial charge in [-0.1, -0.05) is 18.5 Å². The van der Waals surface area contributed by atoms with Crippen LogP contribution in [0.5, 0.6) is 0 Å². The van der Waals surface area contributed by atoms with Crippen LogP contribution in [0.15, 0.2) is 11.4 Å². The average molecular weight is 191 g/mol. The Balaban J connectivity index is 2.84. The van der Waals surface area contributed by atoms with Crippen LogP contribution in [0.2, 0.25) is 4.34 Å². The minimum atomic E-state index is -0.331. The molecule has 3 heteroatoms. The third kappa shape index (κ3) is 1.95. The molecule has 0 aliphatic carbocycles. The standard InChI is InChI=1S/C8H11ClOS/c1-5(6(2)10)7-3-4-11-8(7)9/h3-6,10H,1-2H3. The first-order chi connectivity index (χ1) is 5.13. The lowest BCUT2D eigenvalue weighted by Crippen LogP contribution is -2.10. The molecular formula is C8H11ClOS. The topological polar surface area (TPSA) is 20.2 Å². The van der Waals surface area contributed by atoms with Crippen LogP contribution in [0.25, 0.3) is 0 Å². The first-order valence-corrected chi connectivity index (χ1v) is 4.79. The number of rotatable bonds is 2. The normalized spacial score (nSPS) is 16.4. The van der Waals surface area contributed by atoms with Crippen molar-refractivity contribution in [2.24, 2.45) is 0 Å². The molecule has 2 atom stereocenters. The van der Waals surface area contributed by atoms with Crippen LogP contribution >= 0.6 is 22.9 Å². The van der Waals surface area contributed by atoms with Crippen LogP contribution in [0.4, 0.5) is 0 Å². The lowest BCUT2D eigenvalue weighted by Gasteiger charge is -2.13.